The average molecular weight is 248 g/mol. The Morgan fingerprint density at radius 3 is 2.72 bits per heavy atom. The molecule has 0 saturated carbocycles. The third-order valence-electron chi connectivity index (χ3n) is 2.98. The van der Waals surface area contributed by atoms with Crippen molar-refractivity contribution in [3.05, 3.63) is 29.3 Å². The minimum absolute atomic E-state index is 0.00716. The Labute approximate surface area is 108 Å². The van der Waals surface area contributed by atoms with Gasteiger partial charge >= 0.3 is 0 Å². The molecule has 1 aromatic carbocycles. The highest BCUT2D eigenvalue weighted by Crippen LogP contribution is 2.20. The summed E-state index contributed by atoms with van der Waals surface area (Å²) in [6.07, 6.45) is 3.72. The average Bonchev–Trinajstić information content (AvgIpc) is 2.37. The molecule has 0 saturated heterocycles. The molecule has 0 bridgehead atoms. The number of benzene rings is 1. The maximum absolute atomic E-state index is 11.8. The van der Waals surface area contributed by atoms with Crippen LogP contribution in [0, 0.1) is 12.8 Å². The predicted molar refractivity (Wildman–Crippen MR) is 72.9 cm³/mol. The van der Waals surface area contributed by atoms with Crippen molar-refractivity contribution < 1.29 is 9.90 Å². The number of aromatic hydroxyl groups is 1. The Kier molecular flexibility index (Phi) is 5.36. The Bertz CT molecular complexity index is 437. The molecule has 98 valence electrons. The van der Waals surface area contributed by atoms with E-state index in [9.17, 15) is 9.90 Å². The van der Waals surface area contributed by atoms with Gasteiger partial charge < -0.3 is 5.11 Å². The lowest BCUT2D eigenvalue weighted by Gasteiger charge is -2.06. The van der Waals surface area contributed by atoms with Gasteiger partial charge in [0.05, 0.1) is 5.56 Å². The summed E-state index contributed by atoms with van der Waals surface area (Å²) in [5.41, 5.74) is 3.36. The summed E-state index contributed by atoms with van der Waals surface area (Å²) in [6.45, 7) is 5.91. The first-order valence-electron chi connectivity index (χ1n) is 6.22. The molecule has 0 spiro atoms. The second-order valence-corrected chi connectivity index (χ2v) is 4.27. The molecule has 0 heterocycles. The zero-order chi connectivity index (χ0) is 13.5. The first-order chi connectivity index (χ1) is 8.60. The summed E-state index contributed by atoms with van der Waals surface area (Å²) < 4.78 is 0. The van der Waals surface area contributed by atoms with Crippen LogP contribution in [0.15, 0.2) is 23.3 Å². The van der Waals surface area contributed by atoms with Crippen LogP contribution in [-0.2, 0) is 0 Å². The van der Waals surface area contributed by atoms with E-state index in [4.69, 9.17) is 0 Å². The van der Waals surface area contributed by atoms with E-state index in [1.165, 1.54) is 0 Å². The Morgan fingerprint density at radius 2 is 2.11 bits per heavy atom. The fraction of sp³-hybridized carbons (Fsp3) is 0.429. The predicted octanol–water partition coefficient (Wildman–Crippen LogP) is 2.85. The fourth-order valence-electron chi connectivity index (χ4n) is 1.60. The Balaban J connectivity index is 2.69. The van der Waals surface area contributed by atoms with E-state index in [-0.39, 0.29) is 11.3 Å². The molecule has 2 N–H and O–H groups in total. The maximum atomic E-state index is 11.8. The van der Waals surface area contributed by atoms with Crippen LogP contribution >= 0.6 is 0 Å². The van der Waals surface area contributed by atoms with Crippen LogP contribution in [0.25, 0.3) is 0 Å². The zero-order valence-corrected chi connectivity index (χ0v) is 11.1. The molecule has 4 nitrogen and oxygen atoms in total. The van der Waals surface area contributed by atoms with Crippen molar-refractivity contribution in [2.75, 3.05) is 0 Å². The quantitative estimate of drug-likeness (QED) is 0.621. The summed E-state index contributed by atoms with van der Waals surface area (Å²) >= 11 is 0. The summed E-state index contributed by atoms with van der Waals surface area (Å²) in [5, 5.41) is 13.7. The van der Waals surface area contributed by atoms with Crippen molar-refractivity contribution in [1.82, 2.24) is 5.43 Å². The molecule has 18 heavy (non-hydrogen) atoms. The second kappa shape index (κ2) is 6.79. The minimum Gasteiger partial charge on any atom is -0.507 e. The van der Waals surface area contributed by atoms with Crippen molar-refractivity contribution in [2.24, 2.45) is 11.0 Å². The molecule has 0 aromatic heterocycles. The van der Waals surface area contributed by atoms with Crippen molar-refractivity contribution in [3.63, 3.8) is 0 Å². The van der Waals surface area contributed by atoms with E-state index in [0.29, 0.717) is 11.5 Å². The first-order valence-corrected chi connectivity index (χ1v) is 6.22. The van der Waals surface area contributed by atoms with Crippen molar-refractivity contribution in [3.8, 4) is 5.75 Å². The SMILES string of the molecule is CCC(/C=N\NC(=O)c1cccc(C)c1O)CC. The lowest BCUT2D eigenvalue weighted by molar-refractivity contribution is 0.0952. The van der Waals surface area contributed by atoms with Gasteiger partial charge in [0.15, 0.2) is 0 Å². The van der Waals surface area contributed by atoms with Gasteiger partial charge in [-0.2, -0.15) is 5.10 Å². The van der Waals surface area contributed by atoms with Gasteiger partial charge in [-0.3, -0.25) is 4.79 Å². The number of phenolic OH excluding ortho intramolecular Hbond substituents is 1. The van der Waals surface area contributed by atoms with E-state index in [0.717, 1.165) is 12.8 Å². The number of hydrogen-bond acceptors (Lipinski definition) is 3. The van der Waals surface area contributed by atoms with Crippen molar-refractivity contribution in [2.45, 2.75) is 33.6 Å². The van der Waals surface area contributed by atoms with E-state index >= 15 is 0 Å². The number of hydrogen-bond donors (Lipinski definition) is 2. The molecular formula is C14H20N2O2. The van der Waals surface area contributed by atoms with Crippen LogP contribution in [0.2, 0.25) is 0 Å². The van der Waals surface area contributed by atoms with E-state index in [2.05, 4.69) is 24.4 Å². The van der Waals surface area contributed by atoms with Gasteiger partial charge in [0.25, 0.3) is 5.91 Å². The highest BCUT2D eigenvalue weighted by Gasteiger charge is 2.11. The smallest absolute Gasteiger partial charge is 0.275 e. The molecule has 1 rings (SSSR count). The maximum Gasteiger partial charge on any atom is 0.275 e. The normalized spacial score (nSPS) is 11.1. The minimum atomic E-state index is -0.390. The number of para-hydroxylation sites is 1. The number of nitrogens with zero attached hydrogens (tertiary/aromatic N) is 1. The highest BCUT2D eigenvalue weighted by atomic mass is 16.3. The second-order valence-electron chi connectivity index (χ2n) is 4.27. The van der Waals surface area contributed by atoms with Crippen LogP contribution in [0.1, 0.15) is 42.6 Å². The molecule has 1 amide bonds. The molecule has 0 atom stereocenters. The lowest BCUT2D eigenvalue weighted by atomic mass is 10.1. The van der Waals surface area contributed by atoms with Gasteiger partial charge in [-0.1, -0.05) is 26.0 Å². The number of carbonyl (C=O) groups is 1. The number of aryl methyl sites for hydroxylation is 1. The van der Waals surface area contributed by atoms with Crippen LogP contribution < -0.4 is 5.43 Å². The number of rotatable bonds is 5. The molecule has 0 fully saturated rings. The molecule has 4 heteroatoms. The number of carbonyl (C=O) groups excluding carboxylic acids is 1. The van der Waals surface area contributed by atoms with Gasteiger partial charge in [0.1, 0.15) is 5.75 Å². The van der Waals surface area contributed by atoms with Crippen LogP contribution in [-0.4, -0.2) is 17.2 Å². The summed E-state index contributed by atoms with van der Waals surface area (Å²) in [5.74, 6) is -0.0115. The van der Waals surface area contributed by atoms with Crippen molar-refractivity contribution >= 4 is 12.1 Å². The molecular weight excluding hydrogens is 228 g/mol. The molecule has 0 aliphatic heterocycles. The summed E-state index contributed by atoms with van der Waals surface area (Å²) in [7, 11) is 0. The van der Waals surface area contributed by atoms with Crippen LogP contribution in [0.5, 0.6) is 5.75 Å². The largest absolute Gasteiger partial charge is 0.507 e. The third-order valence-corrected chi connectivity index (χ3v) is 2.98. The Morgan fingerprint density at radius 1 is 1.44 bits per heavy atom. The standard InChI is InChI=1S/C14H20N2O2/c1-4-11(5-2)9-15-16-14(18)12-8-6-7-10(3)13(12)17/h6-9,11,17H,4-5H2,1-3H3,(H,16,18)/b15-9-. The number of amides is 1. The number of hydrazone groups is 1. The monoisotopic (exact) mass is 248 g/mol. The third kappa shape index (κ3) is 3.58. The molecule has 0 unspecified atom stereocenters. The zero-order valence-electron chi connectivity index (χ0n) is 11.1. The van der Waals surface area contributed by atoms with Crippen LogP contribution in [0.3, 0.4) is 0 Å². The number of phenols is 1. The van der Waals surface area contributed by atoms with Gasteiger partial charge in [-0.15, -0.1) is 0 Å². The fourth-order valence-corrected chi connectivity index (χ4v) is 1.60. The van der Waals surface area contributed by atoms with E-state index < -0.39 is 5.91 Å². The van der Waals surface area contributed by atoms with Crippen LogP contribution in [0.4, 0.5) is 0 Å². The highest BCUT2D eigenvalue weighted by molar-refractivity contribution is 5.97. The van der Waals surface area contributed by atoms with E-state index in [1.807, 2.05) is 0 Å². The van der Waals surface area contributed by atoms with Gasteiger partial charge in [-0.25, -0.2) is 5.43 Å². The number of nitrogens with one attached hydrogen (secondary N) is 1. The Hall–Kier alpha value is -1.84. The topological polar surface area (TPSA) is 61.7 Å². The molecule has 0 radical (unpaired) electrons. The molecule has 0 aliphatic carbocycles. The van der Waals surface area contributed by atoms with Gasteiger partial charge in [0.2, 0.25) is 0 Å². The van der Waals surface area contributed by atoms with Gasteiger partial charge in [-0.05, 0) is 37.3 Å². The van der Waals surface area contributed by atoms with E-state index in [1.54, 1.807) is 31.3 Å². The summed E-state index contributed by atoms with van der Waals surface area (Å²) in [6, 6.07) is 5.05. The summed E-state index contributed by atoms with van der Waals surface area (Å²) in [4.78, 5) is 11.8. The van der Waals surface area contributed by atoms with Crippen molar-refractivity contribution in [1.29, 1.82) is 0 Å². The molecule has 1 aromatic rings. The van der Waals surface area contributed by atoms with Gasteiger partial charge in [0, 0.05) is 6.21 Å². The molecule has 0 aliphatic rings. The lowest BCUT2D eigenvalue weighted by Crippen LogP contribution is -2.18. The first kappa shape index (κ1) is 14.2.